The Labute approximate surface area is 123 Å². The monoisotopic (exact) mass is 305 g/mol. The van der Waals surface area contributed by atoms with Crippen LogP contribution in [0.4, 0.5) is 0 Å². The third kappa shape index (κ3) is 3.83. The normalized spacial score (nSPS) is 11.0. The lowest BCUT2D eigenvalue weighted by atomic mass is 10.2. The van der Waals surface area contributed by atoms with E-state index in [1.54, 1.807) is 48.5 Å². The minimum Gasteiger partial charge on any atom is -0.228 e. The molecule has 0 amide bonds. The van der Waals surface area contributed by atoms with Crippen LogP contribution in [0.5, 0.6) is 0 Å². The molecule has 0 spiro atoms. The van der Waals surface area contributed by atoms with E-state index in [2.05, 4.69) is 0 Å². The summed E-state index contributed by atoms with van der Waals surface area (Å²) < 4.78 is 24.4. The summed E-state index contributed by atoms with van der Waals surface area (Å²) in [5.41, 5.74) is 1.65. The molecule has 0 fully saturated rings. The van der Waals surface area contributed by atoms with Crippen molar-refractivity contribution < 1.29 is 8.42 Å². The topological polar surface area (TPSA) is 57.9 Å². The molecule has 2 aromatic carbocycles. The highest BCUT2D eigenvalue weighted by Crippen LogP contribution is 2.20. The molecular formula is C15H12ClNO2S. The van der Waals surface area contributed by atoms with Crippen LogP contribution in [-0.2, 0) is 21.3 Å². The first-order valence-electron chi connectivity index (χ1n) is 5.93. The highest BCUT2D eigenvalue weighted by atomic mass is 35.5. The van der Waals surface area contributed by atoms with Gasteiger partial charge in [0.05, 0.1) is 23.1 Å². The molecule has 0 aliphatic heterocycles. The first kappa shape index (κ1) is 14.6. The maximum absolute atomic E-state index is 12.2. The fourth-order valence-corrected chi connectivity index (χ4v) is 3.68. The zero-order chi connectivity index (χ0) is 14.6. The lowest BCUT2D eigenvalue weighted by Gasteiger charge is -2.06. The van der Waals surface area contributed by atoms with Gasteiger partial charge in [-0.15, -0.1) is 0 Å². The number of benzene rings is 2. The Hall–Kier alpha value is -1.83. The number of halogens is 1. The van der Waals surface area contributed by atoms with Gasteiger partial charge in [-0.05, 0) is 29.3 Å². The molecule has 0 heterocycles. The van der Waals surface area contributed by atoms with Crippen molar-refractivity contribution in [1.82, 2.24) is 0 Å². The van der Waals surface area contributed by atoms with E-state index in [1.807, 2.05) is 6.07 Å². The van der Waals surface area contributed by atoms with Crippen LogP contribution in [-0.4, -0.2) is 8.42 Å². The molecule has 0 radical (unpaired) electrons. The second kappa shape index (κ2) is 6.08. The molecule has 0 N–H and O–H groups in total. The highest BCUT2D eigenvalue weighted by molar-refractivity contribution is 7.89. The van der Waals surface area contributed by atoms with Gasteiger partial charge in [0.2, 0.25) is 0 Å². The van der Waals surface area contributed by atoms with Crippen LogP contribution in [0.3, 0.4) is 0 Å². The van der Waals surface area contributed by atoms with Gasteiger partial charge in [0.1, 0.15) is 0 Å². The summed E-state index contributed by atoms with van der Waals surface area (Å²) in [7, 11) is -3.33. The molecule has 0 unspecified atom stereocenters. The van der Waals surface area contributed by atoms with Crippen molar-refractivity contribution in [1.29, 1.82) is 5.26 Å². The minimum atomic E-state index is -3.33. The molecule has 0 aliphatic rings. The fraction of sp³-hybridized carbons (Fsp3) is 0.133. The largest absolute Gasteiger partial charge is 0.228 e. The third-order valence-corrected chi connectivity index (χ3v) is 4.67. The molecule has 0 aliphatic carbocycles. The fourth-order valence-electron chi connectivity index (χ4n) is 1.89. The van der Waals surface area contributed by atoms with Crippen LogP contribution in [0, 0.1) is 11.3 Å². The minimum absolute atomic E-state index is 0.103. The quantitative estimate of drug-likeness (QED) is 0.870. The van der Waals surface area contributed by atoms with Gasteiger partial charge in [-0.2, -0.15) is 5.26 Å². The number of hydrogen-bond acceptors (Lipinski definition) is 3. The Bertz CT molecular complexity index is 763. The summed E-state index contributed by atoms with van der Waals surface area (Å²) in [5.74, 6) is -0.211. The van der Waals surface area contributed by atoms with Crippen molar-refractivity contribution in [3.63, 3.8) is 0 Å². The van der Waals surface area contributed by atoms with Crippen LogP contribution in [0.2, 0.25) is 5.02 Å². The molecule has 2 rings (SSSR count). The summed E-state index contributed by atoms with van der Waals surface area (Å²) in [5, 5.41) is 9.26. The van der Waals surface area contributed by atoms with Crippen LogP contribution >= 0.6 is 11.6 Å². The number of nitriles is 1. The van der Waals surface area contributed by atoms with Gasteiger partial charge in [-0.3, -0.25) is 0 Å². The average molecular weight is 306 g/mol. The van der Waals surface area contributed by atoms with Crippen molar-refractivity contribution in [2.75, 3.05) is 0 Å². The Morgan fingerprint density at radius 2 is 1.80 bits per heavy atom. The molecular weight excluding hydrogens is 294 g/mol. The van der Waals surface area contributed by atoms with Crippen LogP contribution < -0.4 is 0 Å². The smallest absolute Gasteiger partial charge is 0.158 e. The van der Waals surface area contributed by atoms with Gasteiger partial charge in [0.15, 0.2) is 9.84 Å². The lowest BCUT2D eigenvalue weighted by Crippen LogP contribution is -2.08. The number of sulfone groups is 1. The maximum Gasteiger partial charge on any atom is 0.158 e. The van der Waals surface area contributed by atoms with Crippen molar-refractivity contribution in [2.45, 2.75) is 11.5 Å². The number of hydrogen-bond donors (Lipinski definition) is 0. The van der Waals surface area contributed by atoms with Crippen molar-refractivity contribution >= 4 is 21.4 Å². The molecule has 0 bridgehead atoms. The summed E-state index contributed by atoms with van der Waals surface area (Å²) >= 11 is 5.97. The SMILES string of the molecule is N#Cc1cccc(CS(=O)(=O)Cc2ccccc2Cl)c1. The van der Waals surface area contributed by atoms with Gasteiger partial charge >= 0.3 is 0 Å². The Morgan fingerprint density at radius 1 is 1.05 bits per heavy atom. The molecule has 0 aromatic heterocycles. The zero-order valence-corrected chi connectivity index (χ0v) is 12.2. The predicted octanol–water partition coefficient (Wildman–Crippen LogP) is 3.33. The Kier molecular flexibility index (Phi) is 4.43. The highest BCUT2D eigenvalue weighted by Gasteiger charge is 2.15. The predicted molar refractivity (Wildman–Crippen MR) is 78.9 cm³/mol. The zero-order valence-electron chi connectivity index (χ0n) is 10.6. The first-order chi connectivity index (χ1) is 9.50. The summed E-state index contributed by atoms with van der Waals surface area (Å²) in [4.78, 5) is 0. The van der Waals surface area contributed by atoms with E-state index in [-0.39, 0.29) is 11.5 Å². The summed E-state index contributed by atoms with van der Waals surface area (Å²) in [6.07, 6.45) is 0. The lowest BCUT2D eigenvalue weighted by molar-refractivity contribution is 0.594. The van der Waals surface area contributed by atoms with E-state index in [9.17, 15) is 8.42 Å². The van der Waals surface area contributed by atoms with Gasteiger partial charge in [0.25, 0.3) is 0 Å². The Balaban J connectivity index is 2.20. The van der Waals surface area contributed by atoms with Gasteiger partial charge < -0.3 is 0 Å². The van der Waals surface area contributed by atoms with E-state index in [0.717, 1.165) is 0 Å². The molecule has 0 atom stereocenters. The van der Waals surface area contributed by atoms with E-state index in [4.69, 9.17) is 16.9 Å². The third-order valence-electron chi connectivity index (χ3n) is 2.78. The van der Waals surface area contributed by atoms with Gasteiger partial charge in [-0.25, -0.2) is 8.42 Å². The maximum atomic E-state index is 12.2. The molecule has 0 saturated carbocycles. The average Bonchev–Trinajstić information content (AvgIpc) is 2.41. The standard InChI is InChI=1S/C15H12ClNO2S/c16-15-7-2-1-6-14(15)11-20(18,19)10-13-5-3-4-12(8-13)9-17/h1-8H,10-11H2. The number of rotatable bonds is 4. The van der Waals surface area contributed by atoms with Crippen LogP contribution in [0.25, 0.3) is 0 Å². The molecule has 20 heavy (non-hydrogen) atoms. The van der Waals surface area contributed by atoms with Crippen molar-refractivity contribution in [3.05, 3.63) is 70.2 Å². The van der Waals surface area contributed by atoms with Crippen molar-refractivity contribution in [3.8, 4) is 6.07 Å². The summed E-state index contributed by atoms with van der Waals surface area (Å²) in [6.45, 7) is 0. The molecule has 5 heteroatoms. The van der Waals surface area contributed by atoms with Crippen LogP contribution in [0.15, 0.2) is 48.5 Å². The first-order valence-corrected chi connectivity index (χ1v) is 8.13. The number of nitrogens with zero attached hydrogens (tertiary/aromatic N) is 1. The van der Waals surface area contributed by atoms with E-state index < -0.39 is 9.84 Å². The summed E-state index contributed by atoms with van der Waals surface area (Å²) in [6, 6.07) is 15.5. The molecule has 3 nitrogen and oxygen atoms in total. The van der Waals surface area contributed by atoms with E-state index in [1.165, 1.54) is 0 Å². The van der Waals surface area contributed by atoms with E-state index >= 15 is 0 Å². The van der Waals surface area contributed by atoms with Crippen LogP contribution in [0.1, 0.15) is 16.7 Å². The Morgan fingerprint density at radius 3 is 2.50 bits per heavy atom. The van der Waals surface area contributed by atoms with Crippen molar-refractivity contribution in [2.24, 2.45) is 0 Å². The molecule has 102 valence electrons. The second-order valence-electron chi connectivity index (χ2n) is 4.44. The second-order valence-corrected chi connectivity index (χ2v) is 6.91. The van der Waals surface area contributed by atoms with Gasteiger partial charge in [0, 0.05) is 5.02 Å². The van der Waals surface area contributed by atoms with E-state index in [0.29, 0.717) is 21.7 Å². The molecule has 2 aromatic rings. The van der Waals surface area contributed by atoms with Gasteiger partial charge in [-0.1, -0.05) is 41.9 Å². The molecule has 0 saturated heterocycles.